The summed E-state index contributed by atoms with van der Waals surface area (Å²) in [6.07, 6.45) is -0.525. The van der Waals surface area contributed by atoms with E-state index in [9.17, 15) is 5.11 Å². The molecule has 2 rings (SSSR count). The molecule has 0 spiro atoms. The lowest BCUT2D eigenvalue weighted by Crippen LogP contribution is -2.45. The maximum absolute atomic E-state index is 9.95. The van der Waals surface area contributed by atoms with Crippen LogP contribution in [0.2, 0.25) is 0 Å². The number of halogens is 1. The summed E-state index contributed by atoms with van der Waals surface area (Å²) in [7, 11) is 0. The molecule has 1 unspecified atom stereocenters. The molecule has 4 atom stereocenters. The highest BCUT2D eigenvalue weighted by molar-refractivity contribution is 6.30. The van der Waals surface area contributed by atoms with Crippen molar-refractivity contribution in [3.05, 3.63) is 21.6 Å². The number of fused-ring (bicyclic) bond motifs is 1. The van der Waals surface area contributed by atoms with Gasteiger partial charge in [0.2, 0.25) is 0 Å². The monoisotopic (exact) mass is 245 g/mol. The van der Waals surface area contributed by atoms with E-state index in [0.717, 1.165) is 0 Å². The largest absolute Gasteiger partial charge is 0.390 e. The number of aliphatic hydroxyl groups is 1. The molecule has 0 aromatic carbocycles. The average Bonchev–Trinajstić information content (AvgIpc) is 2.51. The minimum atomic E-state index is -0.940. The topological polar surface area (TPSA) is 87.5 Å². The minimum absolute atomic E-state index is 0.401. The van der Waals surface area contributed by atoms with Gasteiger partial charge >= 0.3 is 0 Å². The van der Waals surface area contributed by atoms with Crippen LogP contribution in [0.15, 0.2) is 16.2 Å². The van der Waals surface area contributed by atoms with E-state index in [1.807, 2.05) is 0 Å². The van der Waals surface area contributed by atoms with Crippen molar-refractivity contribution in [1.82, 2.24) is 0 Å². The minimum Gasteiger partial charge on any atom is -0.390 e. The molecular formula is C9H12ClN3O3. The van der Waals surface area contributed by atoms with Gasteiger partial charge in [-0.25, -0.2) is 0 Å². The first-order valence-electron chi connectivity index (χ1n) is 4.90. The molecule has 0 saturated carbocycles. The Balaban J connectivity index is 2.30. The molecule has 1 aliphatic heterocycles. The second kappa shape index (κ2) is 3.91. The molecule has 1 heterocycles. The number of hydrogen-bond acceptors (Lipinski definition) is 4. The molecule has 16 heavy (non-hydrogen) atoms. The van der Waals surface area contributed by atoms with Crippen LogP contribution in [0.5, 0.6) is 0 Å². The highest BCUT2D eigenvalue weighted by atomic mass is 35.5. The number of rotatable bonds is 1. The van der Waals surface area contributed by atoms with E-state index in [4.69, 9.17) is 26.6 Å². The van der Waals surface area contributed by atoms with Crippen LogP contribution < -0.4 is 0 Å². The van der Waals surface area contributed by atoms with Gasteiger partial charge in [0.15, 0.2) is 5.79 Å². The smallest absolute Gasteiger partial charge is 0.164 e. The Kier molecular flexibility index (Phi) is 2.86. The predicted octanol–water partition coefficient (Wildman–Crippen LogP) is 1.68. The summed E-state index contributed by atoms with van der Waals surface area (Å²) in [4.78, 5) is 2.66. The van der Waals surface area contributed by atoms with Crippen molar-refractivity contribution in [2.75, 3.05) is 0 Å². The molecule has 1 fully saturated rings. The van der Waals surface area contributed by atoms with E-state index in [1.54, 1.807) is 13.8 Å². The Hall–Kier alpha value is -0.780. The van der Waals surface area contributed by atoms with Gasteiger partial charge < -0.3 is 14.6 Å². The van der Waals surface area contributed by atoms with Gasteiger partial charge in [-0.15, -0.1) is 0 Å². The SMILES string of the molecule is CC1(C)O[C@@H]2C(Cl)=C[C@H](N=[N+]=[N-])C(O)[C@@H]2O1. The van der Waals surface area contributed by atoms with Crippen molar-refractivity contribution in [2.24, 2.45) is 5.11 Å². The van der Waals surface area contributed by atoms with Crippen LogP contribution in [-0.2, 0) is 9.47 Å². The van der Waals surface area contributed by atoms with Gasteiger partial charge in [0, 0.05) is 9.94 Å². The van der Waals surface area contributed by atoms with Gasteiger partial charge in [-0.2, -0.15) is 0 Å². The molecule has 0 radical (unpaired) electrons. The van der Waals surface area contributed by atoms with E-state index in [-0.39, 0.29) is 0 Å². The maximum Gasteiger partial charge on any atom is 0.164 e. The summed E-state index contributed by atoms with van der Waals surface area (Å²) in [5, 5.41) is 13.8. The lowest BCUT2D eigenvalue weighted by molar-refractivity contribution is -0.153. The molecule has 7 heteroatoms. The van der Waals surface area contributed by atoms with Crippen molar-refractivity contribution in [2.45, 2.75) is 44.0 Å². The zero-order valence-electron chi connectivity index (χ0n) is 8.87. The van der Waals surface area contributed by atoms with Crippen LogP contribution in [0.4, 0.5) is 0 Å². The van der Waals surface area contributed by atoms with Crippen molar-refractivity contribution >= 4 is 11.6 Å². The number of hydrogen-bond donors (Lipinski definition) is 1. The third-order valence-electron chi connectivity index (χ3n) is 2.60. The Morgan fingerprint density at radius 1 is 1.56 bits per heavy atom. The number of aliphatic hydroxyl groups excluding tert-OH is 1. The predicted molar refractivity (Wildman–Crippen MR) is 56.7 cm³/mol. The zero-order valence-corrected chi connectivity index (χ0v) is 9.63. The van der Waals surface area contributed by atoms with Crippen LogP contribution in [0.1, 0.15) is 13.8 Å². The quantitative estimate of drug-likeness (QED) is 0.433. The molecule has 0 aromatic heterocycles. The van der Waals surface area contributed by atoms with Gasteiger partial charge in [-0.05, 0) is 19.4 Å². The third-order valence-corrected chi connectivity index (χ3v) is 2.94. The molecule has 1 N–H and O–H groups in total. The molecule has 0 aromatic rings. The highest BCUT2D eigenvalue weighted by Gasteiger charge is 2.50. The summed E-state index contributed by atoms with van der Waals surface area (Å²) in [5.74, 6) is -0.796. The number of ether oxygens (including phenoxy) is 2. The third kappa shape index (κ3) is 1.90. The molecular weight excluding hydrogens is 234 g/mol. The molecule has 1 saturated heterocycles. The molecule has 0 bridgehead atoms. The van der Waals surface area contributed by atoms with Gasteiger partial charge in [-0.3, -0.25) is 0 Å². The van der Waals surface area contributed by atoms with Crippen molar-refractivity contribution in [3.63, 3.8) is 0 Å². The fraction of sp³-hybridized carbons (Fsp3) is 0.778. The summed E-state index contributed by atoms with van der Waals surface area (Å²) in [5.41, 5.74) is 8.37. The van der Waals surface area contributed by atoms with Gasteiger partial charge in [-0.1, -0.05) is 22.8 Å². The van der Waals surface area contributed by atoms with Crippen LogP contribution in [0, 0.1) is 0 Å². The van der Waals surface area contributed by atoms with E-state index in [1.165, 1.54) is 6.08 Å². The van der Waals surface area contributed by atoms with E-state index >= 15 is 0 Å². The molecule has 6 nitrogen and oxygen atoms in total. The normalized spacial score (nSPS) is 40.9. The molecule has 2 aliphatic rings. The first kappa shape index (κ1) is 11.7. The van der Waals surface area contributed by atoms with Crippen LogP contribution in [0.3, 0.4) is 0 Å². The highest BCUT2D eigenvalue weighted by Crippen LogP contribution is 2.39. The zero-order chi connectivity index (χ0) is 11.9. The first-order chi connectivity index (χ1) is 7.44. The van der Waals surface area contributed by atoms with E-state index in [0.29, 0.717) is 5.03 Å². The molecule has 1 aliphatic carbocycles. The fourth-order valence-electron chi connectivity index (χ4n) is 1.96. The maximum atomic E-state index is 9.95. The van der Waals surface area contributed by atoms with E-state index in [2.05, 4.69) is 10.0 Å². The van der Waals surface area contributed by atoms with Crippen LogP contribution in [-0.4, -0.2) is 35.2 Å². The Morgan fingerprint density at radius 3 is 2.88 bits per heavy atom. The van der Waals surface area contributed by atoms with Gasteiger partial charge in [0.25, 0.3) is 0 Å². The summed E-state index contributed by atoms with van der Waals surface area (Å²) >= 11 is 6.00. The Labute approximate surface area is 97.4 Å². The second-order valence-corrected chi connectivity index (χ2v) is 4.69. The lowest BCUT2D eigenvalue weighted by Gasteiger charge is -2.29. The van der Waals surface area contributed by atoms with Gasteiger partial charge in [0.05, 0.1) is 12.1 Å². The summed E-state index contributed by atoms with van der Waals surface area (Å²) in [6, 6.07) is -0.712. The standard InChI is InChI=1S/C9H12ClN3O3/c1-9(2)15-7-4(10)3-5(12-13-11)6(14)8(7)16-9/h3,5-8,14H,1-2H3/t5-,6?,7+,8-/m0/s1. The van der Waals surface area contributed by atoms with Crippen molar-refractivity contribution in [3.8, 4) is 0 Å². The molecule has 0 amide bonds. The number of nitrogens with zero attached hydrogens (tertiary/aromatic N) is 3. The van der Waals surface area contributed by atoms with Crippen molar-refractivity contribution in [1.29, 1.82) is 0 Å². The first-order valence-corrected chi connectivity index (χ1v) is 5.27. The molecule has 88 valence electrons. The Morgan fingerprint density at radius 2 is 2.25 bits per heavy atom. The van der Waals surface area contributed by atoms with Crippen LogP contribution >= 0.6 is 11.6 Å². The Bertz CT molecular complexity index is 378. The lowest BCUT2D eigenvalue weighted by atomic mass is 9.95. The average molecular weight is 246 g/mol. The van der Waals surface area contributed by atoms with Crippen molar-refractivity contribution < 1.29 is 14.6 Å². The number of azide groups is 1. The summed E-state index contributed by atoms with van der Waals surface area (Å²) in [6.45, 7) is 3.48. The van der Waals surface area contributed by atoms with Gasteiger partial charge in [0.1, 0.15) is 12.2 Å². The fourth-order valence-corrected chi connectivity index (χ4v) is 2.26. The second-order valence-electron chi connectivity index (χ2n) is 4.26. The summed E-state index contributed by atoms with van der Waals surface area (Å²) < 4.78 is 11.1. The van der Waals surface area contributed by atoms with E-state index < -0.39 is 30.1 Å². The van der Waals surface area contributed by atoms with Crippen LogP contribution in [0.25, 0.3) is 10.4 Å².